The first-order chi connectivity index (χ1) is 11.6. The third-order valence-electron chi connectivity index (χ3n) is 4.20. The Morgan fingerprint density at radius 3 is 2.29 bits per heavy atom. The standard InChI is InChI=1S/C19H21ClN2O2/c1-15(24-18-10-6-5-9-17(18)20)19(23)22-13-11-21(12-14-22)16-7-3-2-4-8-16/h2-10,15H,11-14H2,1H3/t15-/m1/s1. The van der Waals surface area contributed by atoms with E-state index in [-0.39, 0.29) is 5.91 Å². The van der Waals surface area contributed by atoms with Crippen molar-refractivity contribution in [2.24, 2.45) is 0 Å². The van der Waals surface area contributed by atoms with Gasteiger partial charge in [-0.25, -0.2) is 0 Å². The molecule has 1 heterocycles. The zero-order valence-corrected chi connectivity index (χ0v) is 14.4. The number of para-hydroxylation sites is 2. The SMILES string of the molecule is C[C@@H](Oc1ccccc1Cl)C(=O)N1CCN(c2ccccc2)CC1. The number of carbonyl (C=O) groups is 1. The first-order valence-electron chi connectivity index (χ1n) is 8.15. The van der Waals surface area contributed by atoms with E-state index in [0.717, 1.165) is 13.1 Å². The average molecular weight is 345 g/mol. The van der Waals surface area contributed by atoms with Gasteiger partial charge in [0.1, 0.15) is 5.75 Å². The molecule has 1 aliphatic heterocycles. The van der Waals surface area contributed by atoms with Crippen LogP contribution in [0.2, 0.25) is 5.02 Å². The van der Waals surface area contributed by atoms with Crippen LogP contribution >= 0.6 is 11.6 Å². The maximum Gasteiger partial charge on any atom is 0.263 e. The summed E-state index contributed by atoms with van der Waals surface area (Å²) in [5.41, 5.74) is 1.20. The lowest BCUT2D eigenvalue weighted by molar-refractivity contribution is -0.138. The van der Waals surface area contributed by atoms with Gasteiger partial charge in [0, 0.05) is 31.9 Å². The van der Waals surface area contributed by atoms with Gasteiger partial charge in [0.2, 0.25) is 0 Å². The smallest absolute Gasteiger partial charge is 0.263 e. The van der Waals surface area contributed by atoms with E-state index >= 15 is 0 Å². The highest BCUT2D eigenvalue weighted by molar-refractivity contribution is 6.32. The number of carbonyl (C=O) groups excluding carboxylic acids is 1. The Balaban J connectivity index is 1.56. The third kappa shape index (κ3) is 3.82. The van der Waals surface area contributed by atoms with Crippen LogP contribution in [-0.2, 0) is 4.79 Å². The number of nitrogens with zero attached hydrogens (tertiary/aromatic N) is 2. The Bertz CT molecular complexity index is 685. The van der Waals surface area contributed by atoms with E-state index in [0.29, 0.717) is 23.9 Å². The molecule has 0 aliphatic carbocycles. The molecule has 1 fully saturated rings. The van der Waals surface area contributed by atoms with Crippen molar-refractivity contribution in [2.75, 3.05) is 31.1 Å². The summed E-state index contributed by atoms with van der Waals surface area (Å²) in [5.74, 6) is 0.547. The van der Waals surface area contributed by atoms with Crippen LogP contribution in [0.15, 0.2) is 54.6 Å². The molecule has 0 N–H and O–H groups in total. The maximum atomic E-state index is 12.6. The number of halogens is 1. The van der Waals surface area contributed by atoms with Crippen LogP contribution in [0.5, 0.6) is 5.75 Å². The van der Waals surface area contributed by atoms with Crippen LogP contribution in [0.4, 0.5) is 5.69 Å². The zero-order valence-electron chi connectivity index (χ0n) is 13.7. The lowest BCUT2D eigenvalue weighted by Crippen LogP contribution is -2.52. The predicted molar refractivity (Wildman–Crippen MR) is 96.8 cm³/mol. The molecular formula is C19H21ClN2O2. The molecule has 0 saturated carbocycles. The molecule has 0 aromatic heterocycles. The fourth-order valence-corrected chi connectivity index (χ4v) is 3.04. The molecule has 5 heteroatoms. The van der Waals surface area contributed by atoms with E-state index in [2.05, 4.69) is 17.0 Å². The number of rotatable bonds is 4. The van der Waals surface area contributed by atoms with Gasteiger partial charge in [-0.3, -0.25) is 4.79 Å². The molecule has 126 valence electrons. The molecule has 0 radical (unpaired) electrons. The maximum absolute atomic E-state index is 12.6. The van der Waals surface area contributed by atoms with Crippen molar-refractivity contribution >= 4 is 23.2 Å². The lowest BCUT2D eigenvalue weighted by Gasteiger charge is -2.37. The van der Waals surface area contributed by atoms with Crippen LogP contribution in [0.1, 0.15) is 6.92 Å². The fraction of sp³-hybridized carbons (Fsp3) is 0.316. The third-order valence-corrected chi connectivity index (χ3v) is 4.51. The Labute approximate surface area is 147 Å². The van der Waals surface area contributed by atoms with Gasteiger partial charge in [-0.2, -0.15) is 0 Å². The molecule has 4 nitrogen and oxygen atoms in total. The summed E-state index contributed by atoms with van der Waals surface area (Å²) in [5, 5.41) is 0.519. The Kier molecular flexibility index (Phi) is 5.26. The monoisotopic (exact) mass is 344 g/mol. The summed E-state index contributed by atoms with van der Waals surface area (Å²) < 4.78 is 5.73. The molecule has 1 aliphatic rings. The number of ether oxygens (including phenoxy) is 1. The molecule has 3 rings (SSSR count). The number of amides is 1. The molecule has 24 heavy (non-hydrogen) atoms. The van der Waals surface area contributed by atoms with E-state index in [1.807, 2.05) is 35.2 Å². The van der Waals surface area contributed by atoms with Gasteiger partial charge in [-0.15, -0.1) is 0 Å². The molecule has 0 bridgehead atoms. The van der Waals surface area contributed by atoms with Crippen molar-refractivity contribution in [3.8, 4) is 5.75 Å². The van der Waals surface area contributed by atoms with Gasteiger partial charge in [0.05, 0.1) is 5.02 Å². The number of benzene rings is 2. The first-order valence-corrected chi connectivity index (χ1v) is 8.53. The van der Waals surface area contributed by atoms with Crippen LogP contribution < -0.4 is 9.64 Å². The van der Waals surface area contributed by atoms with Gasteiger partial charge < -0.3 is 14.5 Å². The summed E-state index contributed by atoms with van der Waals surface area (Å²) in [4.78, 5) is 16.8. The number of piperazine rings is 1. The van der Waals surface area contributed by atoms with Crippen molar-refractivity contribution in [2.45, 2.75) is 13.0 Å². The van der Waals surface area contributed by atoms with Crippen LogP contribution in [0.25, 0.3) is 0 Å². The highest BCUT2D eigenvalue weighted by Gasteiger charge is 2.26. The van der Waals surface area contributed by atoms with Crippen LogP contribution in [0.3, 0.4) is 0 Å². The van der Waals surface area contributed by atoms with Gasteiger partial charge in [0.25, 0.3) is 5.91 Å². The van der Waals surface area contributed by atoms with Crippen molar-refractivity contribution < 1.29 is 9.53 Å². The predicted octanol–water partition coefficient (Wildman–Crippen LogP) is 3.46. The molecule has 0 spiro atoms. The minimum absolute atomic E-state index is 0.00244. The highest BCUT2D eigenvalue weighted by atomic mass is 35.5. The average Bonchev–Trinajstić information content (AvgIpc) is 2.64. The zero-order chi connectivity index (χ0) is 16.9. The van der Waals surface area contributed by atoms with Gasteiger partial charge in [-0.1, -0.05) is 41.9 Å². The van der Waals surface area contributed by atoms with E-state index in [9.17, 15) is 4.79 Å². The second-order valence-corrected chi connectivity index (χ2v) is 6.25. The quantitative estimate of drug-likeness (QED) is 0.851. The summed E-state index contributed by atoms with van der Waals surface area (Å²) >= 11 is 6.09. The molecule has 1 amide bonds. The number of hydrogen-bond donors (Lipinski definition) is 0. The Hall–Kier alpha value is -2.20. The summed E-state index contributed by atoms with van der Waals surface area (Å²) in [6.07, 6.45) is -0.548. The molecule has 1 atom stereocenters. The number of anilines is 1. The first kappa shape index (κ1) is 16.7. The fourth-order valence-electron chi connectivity index (χ4n) is 2.86. The molecule has 1 saturated heterocycles. The van der Waals surface area contributed by atoms with E-state index in [1.54, 1.807) is 19.1 Å². The number of hydrogen-bond acceptors (Lipinski definition) is 3. The molecule has 2 aromatic carbocycles. The van der Waals surface area contributed by atoms with Crippen molar-refractivity contribution in [1.29, 1.82) is 0 Å². The lowest BCUT2D eigenvalue weighted by atomic mass is 10.2. The Morgan fingerprint density at radius 1 is 1.00 bits per heavy atom. The molecule has 0 unspecified atom stereocenters. The van der Waals surface area contributed by atoms with E-state index in [4.69, 9.17) is 16.3 Å². The largest absolute Gasteiger partial charge is 0.479 e. The summed E-state index contributed by atoms with van der Waals surface area (Å²) in [6.45, 7) is 4.83. The Morgan fingerprint density at radius 2 is 1.62 bits per heavy atom. The van der Waals surface area contributed by atoms with Gasteiger partial charge in [-0.05, 0) is 31.2 Å². The highest BCUT2D eigenvalue weighted by Crippen LogP contribution is 2.25. The second kappa shape index (κ2) is 7.58. The minimum Gasteiger partial charge on any atom is -0.479 e. The normalized spacial score (nSPS) is 15.9. The van der Waals surface area contributed by atoms with Crippen molar-refractivity contribution in [3.05, 3.63) is 59.6 Å². The molecular weight excluding hydrogens is 324 g/mol. The van der Waals surface area contributed by atoms with E-state index in [1.165, 1.54) is 5.69 Å². The van der Waals surface area contributed by atoms with Crippen molar-refractivity contribution in [3.63, 3.8) is 0 Å². The summed E-state index contributed by atoms with van der Waals surface area (Å²) in [7, 11) is 0. The topological polar surface area (TPSA) is 32.8 Å². The van der Waals surface area contributed by atoms with E-state index < -0.39 is 6.10 Å². The van der Waals surface area contributed by atoms with Crippen molar-refractivity contribution in [1.82, 2.24) is 4.90 Å². The summed E-state index contributed by atoms with van der Waals surface area (Å²) in [6, 6.07) is 17.5. The second-order valence-electron chi connectivity index (χ2n) is 5.84. The van der Waals surface area contributed by atoms with Gasteiger partial charge in [0.15, 0.2) is 6.10 Å². The van der Waals surface area contributed by atoms with Crippen LogP contribution in [-0.4, -0.2) is 43.1 Å². The minimum atomic E-state index is -0.548. The van der Waals surface area contributed by atoms with Crippen LogP contribution in [0, 0.1) is 0 Å². The molecule has 2 aromatic rings. The van der Waals surface area contributed by atoms with Gasteiger partial charge >= 0.3 is 0 Å².